The molecule has 4 aromatic carbocycles. The highest BCUT2D eigenvalue weighted by atomic mass is 32.2. The fraction of sp³-hybridized carbons (Fsp3) is 0.182. The van der Waals surface area contributed by atoms with E-state index < -0.39 is 28.3 Å². The lowest BCUT2D eigenvalue weighted by atomic mass is 10.1. The third kappa shape index (κ3) is 8.82. The number of amides is 2. The van der Waals surface area contributed by atoms with E-state index in [-0.39, 0.29) is 34.9 Å². The van der Waals surface area contributed by atoms with Crippen molar-refractivity contribution >= 4 is 33.7 Å². The van der Waals surface area contributed by atoms with Crippen molar-refractivity contribution in [2.75, 3.05) is 31.7 Å². The Hall–Kier alpha value is -5.43. The average molecular weight is 649 g/mol. The number of sulfonamides is 1. The molecule has 46 heavy (non-hydrogen) atoms. The fourth-order valence-electron chi connectivity index (χ4n) is 4.28. The van der Waals surface area contributed by atoms with Crippen molar-refractivity contribution in [1.82, 2.24) is 10.7 Å². The summed E-state index contributed by atoms with van der Waals surface area (Å²) in [6.07, 6.45) is 1.36. The zero-order valence-electron chi connectivity index (χ0n) is 25.3. The number of ether oxygens (including phenoxy) is 3. The fourth-order valence-corrected chi connectivity index (χ4v) is 5.72. The van der Waals surface area contributed by atoms with Gasteiger partial charge >= 0.3 is 0 Å². The highest BCUT2D eigenvalue weighted by Gasteiger charge is 2.28. The number of hydrogen-bond donors (Lipinski definition) is 2. The van der Waals surface area contributed by atoms with Crippen molar-refractivity contribution in [3.8, 4) is 17.2 Å². The molecule has 0 heterocycles. The average Bonchev–Trinajstić information content (AvgIpc) is 3.07. The van der Waals surface area contributed by atoms with Gasteiger partial charge in [-0.15, -0.1) is 0 Å². The van der Waals surface area contributed by atoms with E-state index in [1.165, 1.54) is 50.8 Å². The van der Waals surface area contributed by atoms with Crippen LogP contribution in [0.1, 0.15) is 24.1 Å². The molecule has 13 heteroatoms. The first-order chi connectivity index (χ1) is 22.1. The van der Waals surface area contributed by atoms with Gasteiger partial charge in [0, 0.05) is 6.07 Å². The SMILES string of the molecule is COc1ccc(S(=O)(=O)N(CC(=O)N/N=C\c2ccc(OCC(=O)N[C@H](C)c3ccccc3)cc2)c2ccc(F)cc2)cc1OC. The third-order valence-electron chi connectivity index (χ3n) is 6.67. The summed E-state index contributed by atoms with van der Waals surface area (Å²) < 4.78 is 57.7. The van der Waals surface area contributed by atoms with Crippen LogP contribution >= 0.6 is 0 Å². The van der Waals surface area contributed by atoms with Gasteiger partial charge < -0.3 is 19.5 Å². The van der Waals surface area contributed by atoms with E-state index in [1.54, 1.807) is 24.3 Å². The first-order valence-corrected chi connectivity index (χ1v) is 15.4. The van der Waals surface area contributed by atoms with Crippen molar-refractivity contribution in [1.29, 1.82) is 0 Å². The second-order valence-electron chi connectivity index (χ2n) is 9.86. The molecule has 2 N–H and O–H groups in total. The molecular weight excluding hydrogens is 615 g/mol. The number of methoxy groups -OCH3 is 2. The van der Waals surface area contributed by atoms with E-state index in [4.69, 9.17) is 14.2 Å². The van der Waals surface area contributed by atoms with Gasteiger partial charge in [0.15, 0.2) is 18.1 Å². The van der Waals surface area contributed by atoms with Crippen molar-refractivity contribution in [3.63, 3.8) is 0 Å². The van der Waals surface area contributed by atoms with Crippen LogP contribution in [0.25, 0.3) is 0 Å². The van der Waals surface area contributed by atoms with Crippen molar-refractivity contribution in [3.05, 3.63) is 114 Å². The molecule has 0 fully saturated rings. The topological polar surface area (TPSA) is 136 Å². The molecule has 0 saturated heterocycles. The van der Waals surface area contributed by atoms with Crippen molar-refractivity contribution in [2.24, 2.45) is 5.10 Å². The van der Waals surface area contributed by atoms with E-state index in [0.29, 0.717) is 17.1 Å². The Labute approximate surface area is 266 Å². The van der Waals surface area contributed by atoms with Crippen LogP contribution in [0.4, 0.5) is 10.1 Å². The van der Waals surface area contributed by atoms with Gasteiger partial charge in [0.1, 0.15) is 18.1 Å². The van der Waals surface area contributed by atoms with E-state index in [9.17, 15) is 22.4 Å². The van der Waals surface area contributed by atoms with Crippen LogP contribution in [0, 0.1) is 5.82 Å². The molecule has 0 aliphatic carbocycles. The number of anilines is 1. The number of benzene rings is 4. The first kappa shape index (κ1) is 33.5. The van der Waals surface area contributed by atoms with Gasteiger partial charge in [0.05, 0.1) is 37.1 Å². The second-order valence-corrected chi connectivity index (χ2v) is 11.7. The van der Waals surface area contributed by atoms with Crippen LogP contribution in [0.3, 0.4) is 0 Å². The molecule has 4 aromatic rings. The van der Waals surface area contributed by atoms with Crippen LogP contribution in [-0.4, -0.2) is 53.8 Å². The van der Waals surface area contributed by atoms with Crippen molar-refractivity contribution < 1.29 is 36.6 Å². The lowest BCUT2D eigenvalue weighted by molar-refractivity contribution is -0.123. The van der Waals surface area contributed by atoms with E-state index in [0.717, 1.165) is 22.0 Å². The summed E-state index contributed by atoms with van der Waals surface area (Å²) in [7, 11) is -1.53. The van der Waals surface area contributed by atoms with Gasteiger partial charge in [-0.1, -0.05) is 30.3 Å². The number of nitrogens with one attached hydrogen (secondary N) is 2. The van der Waals surface area contributed by atoms with E-state index in [1.807, 2.05) is 37.3 Å². The summed E-state index contributed by atoms with van der Waals surface area (Å²) in [5.41, 5.74) is 3.96. The lowest BCUT2D eigenvalue weighted by Gasteiger charge is -2.24. The maximum atomic E-state index is 13.6. The standard InChI is InChI=1S/C33H33FN4O7S/c1-23(25-7-5-4-6-8-25)36-33(40)22-45-28-15-9-24(10-16-28)20-35-37-32(39)21-38(27-13-11-26(34)12-14-27)46(41,42)29-17-18-30(43-2)31(19-29)44-3/h4-20,23H,21-22H2,1-3H3,(H,36,40)(H,37,39)/b35-20-/t23-/m1/s1. The van der Waals surface area contributed by atoms with Gasteiger partial charge in [-0.05, 0) is 78.7 Å². The predicted molar refractivity (Wildman–Crippen MR) is 171 cm³/mol. The lowest BCUT2D eigenvalue weighted by Crippen LogP contribution is -2.39. The Kier molecular flexibility index (Phi) is 11.3. The van der Waals surface area contributed by atoms with Crippen LogP contribution in [-0.2, 0) is 19.6 Å². The molecule has 1 atom stereocenters. The van der Waals surface area contributed by atoms with Crippen LogP contribution in [0.2, 0.25) is 0 Å². The van der Waals surface area contributed by atoms with Gasteiger partial charge in [-0.3, -0.25) is 13.9 Å². The largest absolute Gasteiger partial charge is 0.493 e. The Morgan fingerprint density at radius 3 is 2.22 bits per heavy atom. The monoisotopic (exact) mass is 648 g/mol. The first-order valence-electron chi connectivity index (χ1n) is 14.0. The Morgan fingerprint density at radius 2 is 1.57 bits per heavy atom. The third-order valence-corrected chi connectivity index (χ3v) is 8.44. The molecule has 240 valence electrons. The molecule has 0 saturated carbocycles. The number of rotatable bonds is 14. The minimum Gasteiger partial charge on any atom is -0.493 e. The molecule has 0 unspecified atom stereocenters. The molecule has 11 nitrogen and oxygen atoms in total. The minimum absolute atomic E-state index is 0.0640. The Balaban J connectivity index is 1.37. The number of hydrazone groups is 1. The van der Waals surface area contributed by atoms with Crippen LogP contribution < -0.4 is 29.3 Å². The van der Waals surface area contributed by atoms with E-state index >= 15 is 0 Å². The number of nitrogens with zero attached hydrogens (tertiary/aromatic N) is 2. The summed E-state index contributed by atoms with van der Waals surface area (Å²) in [6, 6.07) is 24.7. The molecule has 0 aliphatic rings. The van der Waals surface area contributed by atoms with Crippen molar-refractivity contribution in [2.45, 2.75) is 17.9 Å². The number of halogens is 1. The predicted octanol–water partition coefficient (Wildman–Crippen LogP) is 4.44. The summed E-state index contributed by atoms with van der Waals surface area (Å²) in [5, 5.41) is 6.80. The number of hydrogen-bond acceptors (Lipinski definition) is 8. The van der Waals surface area contributed by atoms with Gasteiger partial charge in [-0.2, -0.15) is 5.10 Å². The van der Waals surface area contributed by atoms with Gasteiger partial charge in [0.25, 0.3) is 21.8 Å². The molecule has 0 aromatic heterocycles. The highest BCUT2D eigenvalue weighted by Crippen LogP contribution is 2.32. The van der Waals surface area contributed by atoms with Crippen LogP contribution in [0.5, 0.6) is 17.2 Å². The van der Waals surface area contributed by atoms with Crippen LogP contribution in [0.15, 0.2) is 107 Å². The number of carbonyl (C=O) groups is 2. The summed E-state index contributed by atoms with van der Waals surface area (Å²) in [5.74, 6) is -0.639. The molecule has 0 radical (unpaired) electrons. The zero-order valence-corrected chi connectivity index (χ0v) is 26.2. The van der Waals surface area contributed by atoms with E-state index in [2.05, 4.69) is 15.8 Å². The second kappa shape index (κ2) is 15.5. The molecule has 0 aliphatic heterocycles. The summed E-state index contributed by atoms with van der Waals surface area (Å²) in [4.78, 5) is 25.0. The maximum Gasteiger partial charge on any atom is 0.264 e. The minimum atomic E-state index is -4.31. The zero-order chi connectivity index (χ0) is 33.1. The quantitative estimate of drug-likeness (QED) is 0.152. The Morgan fingerprint density at radius 1 is 0.891 bits per heavy atom. The van der Waals surface area contributed by atoms with Gasteiger partial charge in [-0.25, -0.2) is 18.2 Å². The summed E-state index contributed by atoms with van der Waals surface area (Å²) >= 11 is 0. The summed E-state index contributed by atoms with van der Waals surface area (Å²) in [6.45, 7) is 1.06. The number of carbonyl (C=O) groups excluding carboxylic acids is 2. The Bertz CT molecular complexity index is 1770. The normalized spacial score (nSPS) is 11.8. The molecule has 0 bridgehead atoms. The molecule has 0 spiro atoms. The highest BCUT2D eigenvalue weighted by molar-refractivity contribution is 7.92. The van der Waals surface area contributed by atoms with Gasteiger partial charge in [0.2, 0.25) is 0 Å². The molecular formula is C33H33FN4O7S. The molecule has 4 rings (SSSR count). The molecule has 2 amide bonds. The maximum absolute atomic E-state index is 13.6. The smallest absolute Gasteiger partial charge is 0.264 e.